The standard InChI is InChI=1S/C12H11N3O5/c1-19-8-4-6(12(17)18)2-3-7(8)20-11-9(13)10(16)14-5-15-11/h2-5H,13H2,1H3,(H,17,18)(H,14,15,16). The number of aromatic carboxylic acids is 1. The van der Waals surface area contributed by atoms with Gasteiger partial charge in [-0.1, -0.05) is 0 Å². The summed E-state index contributed by atoms with van der Waals surface area (Å²) in [5, 5.41) is 8.89. The molecule has 2 aromatic rings. The number of hydrogen-bond acceptors (Lipinski definition) is 6. The number of benzene rings is 1. The van der Waals surface area contributed by atoms with Crippen LogP contribution in [0.25, 0.3) is 0 Å². The minimum Gasteiger partial charge on any atom is -0.493 e. The lowest BCUT2D eigenvalue weighted by atomic mass is 10.2. The van der Waals surface area contributed by atoms with Crippen LogP contribution < -0.4 is 20.8 Å². The number of nitrogens with two attached hydrogens (primary N) is 1. The second-order valence-corrected chi connectivity index (χ2v) is 3.72. The molecule has 0 fully saturated rings. The third-order valence-electron chi connectivity index (χ3n) is 2.47. The summed E-state index contributed by atoms with van der Waals surface area (Å²) in [4.78, 5) is 28.3. The van der Waals surface area contributed by atoms with E-state index in [4.69, 9.17) is 20.3 Å². The number of carboxylic acid groups (broad SMARTS) is 1. The molecule has 0 aliphatic heterocycles. The first-order valence-corrected chi connectivity index (χ1v) is 5.45. The Balaban J connectivity index is 2.41. The molecule has 0 radical (unpaired) electrons. The van der Waals surface area contributed by atoms with Crippen molar-refractivity contribution in [1.29, 1.82) is 0 Å². The Hall–Kier alpha value is -3.03. The van der Waals surface area contributed by atoms with Crippen LogP contribution in [0.15, 0.2) is 29.3 Å². The number of methoxy groups -OCH3 is 1. The van der Waals surface area contributed by atoms with E-state index >= 15 is 0 Å². The molecule has 0 aliphatic rings. The number of carboxylic acids is 1. The van der Waals surface area contributed by atoms with E-state index in [1.54, 1.807) is 0 Å². The number of ether oxygens (including phenoxy) is 2. The highest BCUT2D eigenvalue weighted by molar-refractivity contribution is 5.88. The van der Waals surface area contributed by atoms with E-state index in [1.165, 1.54) is 25.3 Å². The van der Waals surface area contributed by atoms with Gasteiger partial charge in [-0.3, -0.25) is 4.79 Å². The molecule has 20 heavy (non-hydrogen) atoms. The molecule has 0 bridgehead atoms. The molecule has 0 spiro atoms. The highest BCUT2D eigenvalue weighted by Gasteiger charge is 2.13. The quantitative estimate of drug-likeness (QED) is 0.755. The van der Waals surface area contributed by atoms with Crippen molar-refractivity contribution in [2.75, 3.05) is 12.8 Å². The number of anilines is 1. The van der Waals surface area contributed by atoms with Gasteiger partial charge >= 0.3 is 5.97 Å². The number of rotatable bonds is 4. The van der Waals surface area contributed by atoms with E-state index < -0.39 is 11.5 Å². The van der Waals surface area contributed by atoms with Crippen molar-refractivity contribution in [3.8, 4) is 17.4 Å². The minimum absolute atomic E-state index is 0.0426. The van der Waals surface area contributed by atoms with Gasteiger partial charge in [-0.2, -0.15) is 0 Å². The number of carbonyl (C=O) groups is 1. The summed E-state index contributed by atoms with van der Waals surface area (Å²) in [6.07, 6.45) is 1.14. The molecule has 8 nitrogen and oxygen atoms in total. The van der Waals surface area contributed by atoms with Gasteiger partial charge in [0, 0.05) is 0 Å². The number of H-pyrrole nitrogens is 1. The second kappa shape index (κ2) is 5.31. The van der Waals surface area contributed by atoms with Crippen LogP contribution >= 0.6 is 0 Å². The number of aromatic nitrogens is 2. The SMILES string of the molecule is COc1cc(C(=O)O)ccc1Oc1nc[nH]c(=O)c1N. The van der Waals surface area contributed by atoms with E-state index in [-0.39, 0.29) is 28.6 Å². The molecule has 0 atom stereocenters. The van der Waals surface area contributed by atoms with Crippen molar-refractivity contribution in [3.05, 3.63) is 40.4 Å². The van der Waals surface area contributed by atoms with Crippen LogP contribution in [0.1, 0.15) is 10.4 Å². The van der Waals surface area contributed by atoms with Crippen molar-refractivity contribution < 1.29 is 19.4 Å². The zero-order valence-corrected chi connectivity index (χ0v) is 10.4. The Morgan fingerprint density at radius 1 is 1.40 bits per heavy atom. The smallest absolute Gasteiger partial charge is 0.335 e. The predicted octanol–water partition coefficient (Wildman–Crippen LogP) is 0.851. The maximum Gasteiger partial charge on any atom is 0.335 e. The van der Waals surface area contributed by atoms with Crippen molar-refractivity contribution in [2.24, 2.45) is 0 Å². The van der Waals surface area contributed by atoms with E-state index in [0.717, 1.165) is 6.33 Å². The number of aromatic amines is 1. The third kappa shape index (κ3) is 2.53. The van der Waals surface area contributed by atoms with Crippen LogP contribution in [0.5, 0.6) is 17.4 Å². The van der Waals surface area contributed by atoms with Gasteiger partial charge in [0.25, 0.3) is 5.56 Å². The van der Waals surface area contributed by atoms with E-state index in [0.29, 0.717) is 0 Å². The van der Waals surface area contributed by atoms with Crippen LogP contribution in [0.2, 0.25) is 0 Å². The van der Waals surface area contributed by atoms with Crippen LogP contribution in [0.4, 0.5) is 5.69 Å². The Morgan fingerprint density at radius 3 is 2.80 bits per heavy atom. The highest BCUT2D eigenvalue weighted by Crippen LogP contribution is 2.32. The molecule has 104 valence electrons. The fourth-order valence-corrected chi connectivity index (χ4v) is 1.46. The lowest BCUT2D eigenvalue weighted by molar-refractivity contribution is 0.0696. The molecule has 0 saturated carbocycles. The average Bonchev–Trinajstić information content (AvgIpc) is 2.44. The maximum atomic E-state index is 11.3. The molecule has 2 rings (SSSR count). The zero-order chi connectivity index (χ0) is 14.7. The summed E-state index contributed by atoms with van der Waals surface area (Å²) in [5.41, 5.74) is 4.86. The van der Waals surface area contributed by atoms with Gasteiger partial charge in [-0.05, 0) is 18.2 Å². The van der Waals surface area contributed by atoms with Gasteiger partial charge in [-0.15, -0.1) is 0 Å². The van der Waals surface area contributed by atoms with Crippen molar-refractivity contribution in [1.82, 2.24) is 9.97 Å². The zero-order valence-electron chi connectivity index (χ0n) is 10.4. The van der Waals surface area contributed by atoms with Crippen LogP contribution in [-0.2, 0) is 0 Å². The third-order valence-corrected chi connectivity index (χ3v) is 2.47. The average molecular weight is 277 g/mol. The molecule has 0 amide bonds. The van der Waals surface area contributed by atoms with Gasteiger partial charge in [0.1, 0.15) is 0 Å². The van der Waals surface area contributed by atoms with E-state index in [1.807, 2.05) is 0 Å². The number of nitrogens with zero attached hydrogens (tertiary/aromatic N) is 1. The van der Waals surface area contributed by atoms with Crippen LogP contribution in [0, 0.1) is 0 Å². The molecule has 1 aromatic carbocycles. The molecule has 0 aliphatic carbocycles. The Bertz CT molecular complexity index is 710. The van der Waals surface area contributed by atoms with Crippen LogP contribution in [0.3, 0.4) is 0 Å². The molecule has 8 heteroatoms. The second-order valence-electron chi connectivity index (χ2n) is 3.72. The van der Waals surface area contributed by atoms with E-state index in [9.17, 15) is 9.59 Å². The molecule has 0 saturated heterocycles. The fourth-order valence-electron chi connectivity index (χ4n) is 1.46. The van der Waals surface area contributed by atoms with Gasteiger partial charge in [0.15, 0.2) is 17.2 Å². The monoisotopic (exact) mass is 277 g/mol. The van der Waals surface area contributed by atoms with E-state index in [2.05, 4.69) is 9.97 Å². The molecular formula is C12H11N3O5. The van der Waals surface area contributed by atoms with Crippen molar-refractivity contribution >= 4 is 11.7 Å². The number of nitrogen functional groups attached to an aromatic ring is 1. The van der Waals surface area contributed by atoms with Gasteiger partial charge in [0.05, 0.1) is 19.0 Å². The maximum absolute atomic E-state index is 11.3. The summed E-state index contributed by atoms with van der Waals surface area (Å²) in [6, 6.07) is 4.02. The Labute approximate surface area is 112 Å². The van der Waals surface area contributed by atoms with Gasteiger partial charge < -0.3 is 25.3 Å². The normalized spacial score (nSPS) is 10.1. The molecule has 4 N–H and O–H groups in total. The molecular weight excluding hydrogens is 266 g/mol. The summed E-state index contributed by atoms with van der Waals surface area (Å²) >= 11 is 0. The first-order valence-electron chi connectivity index (χ1n) is 5.45. The Kier molecular flexibility index (Phi) is 3.56. The highest BCUT2D eigenvalue weighted by atomic mass is 16.5. The lowest BCUT2D eigenvalue weighted by Gasteiger charge is -2.10. The first-order chi connectivity index (χ1) is 9.52. The topological polar surface area (TPSA) is 128 Å². The lowest BCUT2D eigenvalue weighted by Crippen LogP contribution is -2.13. The molecule has 1 heterocycles. The minimum atomic E-state index is -1.09. The summed E-state index contributed by atoms with van der Waals surface area (Å²) in [7, 11) is 1.36. The molecule has 1 aromatic heterocycles. The summed E-state index contributed by atoms with van der Waals surface area (Å²) in [5.74, 6) is -0.799. The van der Waals surface area contributed by atoms with Crippen molar-refractivity contribution in [2.45, 2.75) is 0 Å². The molecule has 0 unspecified atom stereocenters. The largest absolute Gasteiger partial charge is 0.493 e. The number of hydrogen-bond donors (Lipinski definition) is 3. The summed E-state index contributed by atoms with van der Waals surface area (Å²) < 4.78 is 10.4. The fraction of sp³-hybridized carbons (Fsp3) is 0.0833. The van der Waals surface area contributed by atoms with Crippen molar-refractivity contribution in [3.63, 3.8) is 0 Å². The van der Waals surface area contributed by atoms with Crippen LogP contribution in [-0.4, -0.2) is 28.2 Å². The predicted molar refractivity (Wildman–Crippen MR) is 69.3 cm³/mol. The number of nitrogens with one attached hydrogen (secondary N) is 1. The summed E-state index contributed by atoms with van der Waals surface area (Å²) in [6.45, 7) is 0. The van der Waals surface area contributed by atoms with Gasteiger partial charge in [-0.25, -0.2) is 9.78 Å². The first kappa shape index (κ1) is 13.4. The van der Waals surface area contributed by atoms with Gasteiger partial charge in [0.2, 0.25) is 5.88 Å². The Morgan fingerprint density at radius 2 is 2.15 bits per heavy atom.